The Morgan fingerprint density at radius 1 is 1.43 bits per heavy atom. The van der Waals surface area contributed by atoms with Crippen LogP contribution in [0.3, 0.4) is 0 Å². The van der Waals surface area contributed by atoms with Gasteiger partial charge >= 0.3 is 0 Å². The smallest absolute Gasteiger partial charge is 0.191 e. The van der Waals surface area contributed by atoms with Crippen LogP contribution in [0.15, 0.2) is 11.3 Å². The lowest BCUT2D eigenvalue weighted by atomic mass is 9.99. The van der Waals surface area contributed by atoms with Gasteiger partial charge in [0.05, 0.1) is 0 Å². The lowest BCUT2D eigenvalue weighted by Crippen LogP contribution is -2.48. The highest BCUT2D eigenvalue weighted by Gasteiger charge is 2.31. The van der Waals surface area contributed by atoms with E-state index >= 15 is 0 Å². The van der Waals surface area contributed by atoms with Gasteiger partial charge in [0.15, 0.2) is 5.96 Å². The molecule has 0 saturated carbocycles. The van der Waals surface area contributed by atoms with Gasteiger partial charge in [-0.1, -0.05) is 6.92 Å². The van der Waals surface area contributed by atoms with Crippen LogP contribution in [-0.4, -0.2) is 65.1 Å². The first kappa shape index (κ1) is 18.1. The maximum absolute atomic E-state index is 5.49. The van der Waals surface area contributed by atoms with Crippen LogP contribution in [0.25, 0.3) is 0 Å². The maximum atomic E-state index is 5.49. The summed E-state index contributed by atoms with van der Waals surface area (Å²) in [5.74, 6) is 1.86. The quantitative estimate of drug-likeness (QED) is 0.568. The van der Waals surface area contributed by atoms with Crippen molar-refractivity contribution in [3.05, 3.63) is 12.2 Å². The first-order valence-corrected chi connectivity index (χ1v) is 9.39. The molecule has 1 aromatic heterocycles. The molecule has 1 saturated heterocycles. The minimum atomic E-state index is 0.250. The van der Waals surface area contributed by atoms with E-state index in [1.165, 1.54) is 0 Å². The minimum absolute atomic E-state index is 0.250. The third-order valence-corrected chi connectivity index (χ3v) is 5.71. The molecule has 0 radical (unpaired) electrons. The fraction of sp³-hybridized carbons (Fsp3) is 0.800. The number of aryl methyl sites for hydroxylation is 1. The molecular weight excluding hydrogens is 312 g/mol. The molecule has 1 aliphatic heterocycles. The van der Waals surface area contributed by atoms with Crippen molar-refractivity contribution in [2.24, 2.45) is 4.99 Å². The number of aliphatic imine (C=N–C) groups is 1. The standard InChI is InChI=1S/C15H28N6OS/c1-4-13-20-19-12-21(13)8-7-17-14(16-2)18-11-15(23-3)5-9-22-10-6-15/h12H,4-11H2,1-3H3,(H2,16,17,18). The number of guanidine groups is 1. The molecule has 0 unspecified atom stereocenters. The molecule has 23 heavy (non-hydrogen) atoms. The maximum Gasteiger partial charge on any atom is 0.191 e. The van der Waals surface area contributed by atoms with Crippen molar-refractivity contribution in [2.45, 2.75) is 37.5 Å². The van der Waals surface area contributed by atoms with Crippen molar-refractivity contribution in [1.82, 2.24) is 25.4 Å². The first-order chi connectivity index (χ1) is 11.2. The number of thioether (sulfide) groups is 1. The van der Waals surface area contributed by atoms with Crippen molar-refractivity contribution in [2.75, 3.05) is 39.6 Å². The molecule has 0 atom stereocenters. The van der Waals surface area contributed by atoms with Crippen molar-refractivity contribution < 1.29 is 4.74 Å². The summed E-state index contributed by atoms with van der Waals surface area (Å²) in [5, 5.41) is 14.9. The van der Waals surface area contributed by atoms with E-state index in [0.717, 1.165) is 63.9 Å². The van der Waals surface area contributed by atoms with E-state index in [2.05, 4.69) is 43.6 Å². The minimum Gasteiger partial charge on any atom is -0.381 e. The third kappa shape index (κ3) is 5.10. The lowest BCUT2D eigenvalue weighted by molar-refractivity contribution is 0.0783. The molecule has 1 fully saturated rings. The Bertz CT molecular complexity index is 498. The number of nitrogens with zero attached hydrogens (tertiary/aromatic N) is 4. The second kappa shape index (κ2) is 9.12. The number of rotatable bonds is 7. The topological polar surface area (TPSA) is 76.4 Å². The third-order valence-electron chi connectivity index (χ3n) is 4.30. The van der Waals surface area contributed by atoms with Gasteiger partial charge in [0.1, 0.15) is 12.2 Å². The zero-order valence-corrected chi connectivity index (χ0v) is 15.2. The molecule has 2 heterocycles. The summed E-state index contributed by atoms with van der Waals surface area (Å²) < 4.78 is 7.81. The van der Waals surface area contributed by atoms with Crippen molar-refractivity contribution in [3.63, 3.8) is 0 Å². The van der Waals surface area contributed by atoms with Crippen molar-refractivity contribution in [3.8, 4) is 0 Å². The fourth-order valence-electron chi connectivity index (χ4n) is 2.70. The Morgan fingerprint density at radius 2 is 2.22 bits per heavy atom. The van der Waals surface area contributed by atoms with Gasteiger partial charge < -0.3 is 19.9 Å². The summed E-state index contributed by atoms with van der Waals surface area (Å²) in [5.41, 5.74) is 0. The molecule has 0 bridgehead atoms. The number of hydrogen-bond acceptors (Lipinski definition) is 5. The molecule has 8 heteroatoms. The van der Waals surface area contributed by atoms with E-state index in [-0.39, 0.29) is 4.75 Å². The molecule has 2 N–H and O–H groups in total. The van der Waals surface area contributed by atoms with Gasteiger partial charge in [-0.25, -0.2) is 0 Å². The summed E-state index contributed by atoms with van der Waals surface area (Å²) >= 11 is 1.93. The second-order valence-electron chi connectivity index (χ2n) is 5.65. The van der Waals surface area contributed by atoms with Crippen molar-refractivity contribution in [1.29, 1.82) is 0 Å². The molecule has 130 valence electrons. The zero-order chi connectivity index (χ0) is 16.5. The van der Waals surface area contributed by atoms with E-state index < -0.39 is 0 Å². The van der Waals surface area contributed by atoms with Crippen LogP contribution < -0.4 is 10.6 Å². The molecule has 2 rings (SSSR count). The van der Waals surface area contributed by atoms with E-state index in [0.29, 0.717) is 0 Å². The van der Waals surface area contributed by atoms with Crippen LogP contribution in [-0.2, 0) is 17.7 Å². The predicted molar refractivity (Wildman–Crippen MR) is 95.1 cm³/mol. The van der Waals surface area contributed by atoms with Gasteiger partial charge in [-0.2, -0.15) is 11.8 Å². The second-order valence-corrected chi connectivity index (χ2v) is 6.92. The van der Waals surface area contributed by atoms with Gasteiger partial charge in [-0.3, -0.25) is 4.99 Å². The molecule has 0 amide bonds. The number of ether oxygens (including phenoxy) is 1. The largest absolute Gasteiger partial charge is 0.381 e. The molecule has 7 nitrogen and oxygen atoms in total. The van der Waals surface area contributed by atoms with Gasteiger partial charge in [-0.15, -0.1) is 10.2 Å². The van der Waals surface area contributed by atoms with Crippen LogP contribution in [0.5, 0.6) is 0 Å². The van der Waals surface area contributed by atoms with Gasteiger partial charge in [0.25, 0.3) is 0 Å². The highest BCUT2D eigenvalue weighted by Crippen LogP contribution is 2.32. The molecule has 1 aromatic rings. The summed E-state index contributed by atoms with van der Waals surface area (Å²) in [6.07, 6.45) is 7.02. The average Bonchev–Trinajstić information content (AvgIpc) is 3.06. The Balaban J connectivity index is 1.77. The fourth-order valence-corrected chi connectivity index (χ4v) is 3.49. The predicted octanol–water partition coefficient (Wildman–Crippen LogP) is 0.918. The number of hydrogen-bond donors (Lipinski definition) is 2. The van der Waals surface area contributed by atoms with Gasteiger partial charge in [0, 0.05) is 51.1 Å². The molecule has 1 aliphatic rings. The number of aromatic nitrogens is 3. The average molecular weight is 340 g/mol. The lowest BCUT2D eigenvalue weighted by Gasteiger charge is -2.36. The van der Waals surface area contributed by atoms with Crippen molar-refractivity contribution >= 4 is 17.7 Å². The zero-order valence-electron chi connectivity index (χ0n) is 14.3. The van der Waals surface area contributed by atoms with E-state index in [1.54, 1.807) is 13.4 Å². The normalized spacial score (nSPS) is 18.0. The van der Waals surface area contributed by atoms with Crippen LogP contribution in [0, 0.1) is 0 Å². The summed E-state index contributed by atoms with van der Waals surface area (Å²) in [4.78, 5) is 4.31. The first-order valence-electron chi connectivity index (χ1n) is 8.17. The SMILES string of the molecule is CCc1nncn1CCNC(=NC)NCC1(SC)CCOCC1. The summed E-state index contributed by atoms with van der Waals surface area (Å²) in [6, 6.07) is 0. The highest BCUT2D eigenvalue weighted by molar-refractivity contribution is 8.00. The Morgan fingerprint density at radius 3 is 2.87 bits per heavy atom. The van der Waals surface area contributed by atoms with Crippen LogP contribution >= 0.6 is 11.8 Å². The molecule has 0 spiro atoms. The van der Waals surface area contributed by atoms with Crippen LogP contribution in [0.2, 0.25) is 0 Å². The van der Waals surface area contributed by atoms with Gasteiger partial charge in [0.2, 0.25) is 0 Å². The number of nitrogens with one attached hydrogen (secondary N) is 2. The molecule has 0 aliphatic carbocycles. The molecule has 0 aromatic carbocycles. The van der Waals surface area contributed by atoms with E-state index in [1.807, 2.05) is 11.8 Å². The Kier molecular flexibility index (Phi) is 7.16. The van der Waals surface area contributed by atoms with E-state index in [9.17, 15) is 0 Å². The van der Waals surface area contributed by atoms with Gasteiger partial charge in [-0.05, 0) is 19.1 Å². The Hall–Kier alpha value is -1.28. The van der Waals surface area contributed by atoms with Crippen LogP contribution in [0.4, 0.5) is 0 Å². The molecular formula is C15H28N6OS. The van der Waals surface area contributed by atoms with Crippen LogP contribution in [0.1, 0.15) is 25.6 Å². The van der Waals surface area contributed by atoms with E-state index in [4.69, 9.17) is 4.74 Å². The highest BCUT2D eigenvalue weighted by atomic mass is 32.2. The Labute approximate surface area is 142 Å². The summed E-state index contributed by atoms with van der Waals surface area (Å²) in [7, 11) is 1.81. The summed E-state index contributed by atoms with van der Waals surface area (Å²) in [6.45, 7) is 6.32. The monoisotopic (exact) mass is 340 g/mol.